The van der Waals surface area contributed by atoms with Gasteiger partial charge in [0.05, 0.1) is 11.8 Å². The van der Waals surface area contributed by atoms with Gasteiger partial charge >= 0.3 is 5.97 Å². The van der Waals surface area contributed by atoms with Gasteiger partial charge in [0.15, 0.2) is 0 Å². The second-order valence-electron chi connectivity index (χ2n) is 4.24. The van der Waals surface area contributed by atoms with Crippen molar-refractivity contribution in [1.82, 2.24) is 5.32 Å². The Morgan fingerprint density at radius 1 is 1.25 bits per heavy atom. The first kappa shape index (κ1) is 13.9. The number of carbonyl (C=O) groups is 2. The molecule has 20 heavy (non-hydrogen) atoms. The summed E-state index contributed by atoms with van der Waals surface area (Å²) in [5.41, 5.74) is 1.58. The van der Waals surface area contributed by atoms with Gasteiger partial charge in [0.25, 0.3) is 5.91 Å². The molecule has 2 aromatic rings. The topological polar surface area (TPSA) is 68.5 Å². The van der Waals surface area contributed by atoms with Gasteiger partial charge in [0.2, 0.25) is 0 Å². The van der Waals surface area contributed by atoms with Crippen LogP contribution in [0.3, 0.4) is 0 Å². The summed E-state index contributed by atoms with van der Waals surface area (Å²) in [5, 5.41) is 2.51. The zero-order valence-corrected chi connectivity index (χ0v) is 11.3. The highest BCUT2D eigenvalue weighted by Crippen LogP contribution is 2.12. The van der Waals surface area contributed by atoms with Crippen molar-refractivity contribution in [2.45, 2.75) is 13.5 Å². The van der Waals surface area contributed by atoms with Gasteiger partial charge in [0, 0.05) is 18.2 Å². The third-order valence-corrected chi connectivity index (χ3v) is 2.91. The van der Waals surface area contributed by atoms with Crippen molar-refractivity contribution in [2.75, 3.05) is 7.05 Å². The first-order valence-corrected chi connectivity index (χ1v) is 6.14. The first-order chi connectivity index (χ1) is 9.61. The van der Waals surface area contributed by atoms with Crippen LogP contribution in [-0.4, -0.2) is 18.9 Å². The minimum absolute atomic E-state index is 0.144. The second-order valence-corrected chi connectivity index (χ2v) is 4.24. The number of esters is 1. The number of furan rings is 1. The van der Waals surface area contributed by atoms with E-state index in [0.29, 0.717) is 11.1 Å². The zero-order chi connectivity index (χ0) is 14.5. The molecule has 1 aromatic carbocycles. The molecule has 0 saturated heterocycles. The summed E-state index contributed by atoms with van der Waals surface area (Å²) in [6, 6.07) is 8.14. The minimum atomic E-state index is -0.476. The van der Waals surface area contributed by atoms with Crippen LogP contribution in [0.1, 0.15) is 32.0 Å². The molecule has 0 saturated carbocycles. The van der Waals surface area contributed by atoms with E-state index in [1.807, 2.05) is 0 Å². The van der Waals surface area contributed by atoms with Crippen LogP contribution in [0, 0.1) is 6.92 Å². The Kier molecular flexibility index (Phi) is 4.20. The third kappa shape index (κ3) is 3.06. The number of aryl methyl sites for hydroxylation is 1. The maximum absolute atomic E-state index is 11.9. The van der Waals surface area contributed by atoms with Gasteiger partial charge in [-0.2, -0.15) is 0 Å². The van der Waals surface area contributed by atoms with Crippen molar-refractivity contribution >= 4 is 11.9 Å². The number of hydrogen-bond donors (Lipinski definition) is 1. The van der Waals surface area contributed by atoms with Crippen molar-refractivity contribution < 1.29 is 18.7 Å². The Morgan fingerprint density at radius 2 is 2.00 bits per heavy atom. The highest BCUT2D eigenvalue weighted by Gasteiger charge is 2.12. The summed E-state index contributed by atoms with van der Waals surface area (Å²) in [6.45, 7) is 1.95. The summed E-state index contributed by atoms with van der Waals surface area (Å²) in [6.07, 6.45) is 1.55. The molecule has 0 atom stereocenters. The SMILES string of the molecule is CNC(=O)c1cccc(C(=O)OCc2ccoc2C)c1. The molecule has 0 radical (unpaired) electrons. The maximum atomic E-state index is 11.9. The molecule has 5 nitrogen and oxygen atoms in total. The van der Waals surface area contributed by atoms with Crippen LogP contribution in [0.25, 0.3) is 0 Å². The monoisotopic (exact) mass is 273 g/mol. The molecule has 1 heterocycles. The van der Waals surface area contributed by atoms with Crippen LogP contribution in [0.5, 0.6) is 0 Å². The fourth-order valence-electron chi connectivity index (χ4n) is 1.72. The predicted octanol–water partition coefficient (Wildman–Crippen LogP) is 2.30. The smallest absolute Gasteiger partial charge is 0.338 e. The predicted molar refractivity (Wildman–Crippen MR) is 72.4 cm³/mol. The van der Waals surface area contributed by atoms with Gasteiger partial charge < -0.3 is 14.5 Å². The molecular formula is C15H15NO4. The standard InChI is InChI=1S/C15H15NO4/c1-10-13(6-7-19-10)9-20-15(18)12-5-3-4-11(8-12)14(17)16-2/h3-8H,9H2,1-2H3,(H,16,17). The summed E-state index contributed by atoms with van der Waals surface area (Å²) in [5.74, 6) is -0.00130. The van der Waals surface area contributed by atoms with Crippen molar-refractivity contribution in [2.24, 2.45) is 0 Å². The van der Waals surface area contributed by atoms with Gasteiger partial charge in [-0.1, -0.05) is 6.07 Å². The van der Waals surface area contributed by atoms with E-state index in [2.05, 4.69) is 5.32 Å². The molecule has 0 fully saturated rings. The molecular weight excluding hydrogens is 258 g/mol. The minimum Gasteiger partial charge on any atom is -0.469 e. The number of benzene rings is 1. The van der Waals surface area contributed by atoms with Crippen LogP contribution in [0.15, 0.2) is 41.0 Å². The first-order valence-electron chi connectivity index (χ1n) is 6.14. The van der Waals surface area contributed by atoms with E-state index in [-0.39, 0.29) is 12.5 Å². The lowest BCUT2D eigenvalue weighted by Crippen LogP contribution is -2.18. The van der Waals surface area contributed by atoms with E-state index in [1.54, 1.807) is 37.5 Å². The van der Waals surface area contributed by atoms with Crippen LogP contribution in [-0.2, 0) is 11.3 Å². The lowest BCUT2D eigenvalue weighted by atomic mass is 10.1. The van der Waals surface area contributed by atoms with Crippen molar-refractivity contribution in [3.05, 3.63) is 59.0 Å². The number of rotatable bonds is 4. The normalized spacial score (nSPS) is 10.1. The van der Waals surface area contributed by atoms with E-state index >= 15 is 0 Å². The summed E-state index contributed by atoms with van der Waals surface area (Å²) < 4.78 is 10.3. The maximum Gasteiger partial charge on any atom is 0.338 e. The summed E-state index contributed by atoms with van der Waals surface area (Å²) >= 11 is 0. The van der Waals surface area contributed by atoms with Crippen LogP contribution in [0.2, 0.25) is 0 Å². The van der Waals surface area contributed by atoms with Crippen molar-refractivity contribution in [3.63, 3.8) is 0 Å². The average molecular weight is 273 g/mol. The van der Waals surface area contributed by atoms with E-state index in [4.69, 9.17) is 9.15 Å². The van der Waals surface area contributed by atoms with Gasteiger partial charge in [0.1, 0.15) is 12.4 Å². The highest BCUT2D eigenvalue weighted by atomic mass is 16.5. The van der Waals surface area contributed by atoms with Crippen LogP contribution in [0.4, 0.5) is 0 Å². The van der Waals surface area contributed by atoms with Crippen molar-refractivity contribution in [1.29, 1.82) is 0 Å². The number of hydrogen-bond acceptors (Lipinski definition) is 4. The Balaban J connectivity index is 2.06. The highest BCUT2D eigenvalue weighted by molar-refractivity contribution is 5.97. The van der Waals surface area contributed by atoms with Crippen LogP contribution < -0.4 is 5.32 Å². The number of nitrogens with one attached hydrogen (secondary N) is 1. The lowest BCUT2D eigenvalue weighted by molar-refractivity contribution is 0.0471. The van der Waals surface area contributed by atoms with E-state index in [9.17, 15) is 9.59 Å². The molecule has 5 heteroatoms. The van der Waals surface area contributed by atoms with Gasteiger partial charge in [-0.25, -0.2) is 4.79 Å². The van der Waals surface area contributed by atoms with Gasteiger partial charge in [-0.3, -0.25) is 4.79 Å². The lowest BCUT2D eigenvalue weighted by Gasteiger charge is -2.05. The summed E-state index contributed by atoms with van der Waals surface area (Å²) in [7, 11) is 1.54. The fraction of sp³-hybridized carbons (Fsp3) is 0.200. The molecule has 1 N–H and O–H groups in total. The number of carbonyl (C=O) groups excluding carboxylic acids is 2. The number of amides is 1. The molecule has 1 amide bonds. The van der Waals surface area contributed by atoms with E-state index < -0.39 is 5.97 Å². The largest absolute Gasteiger partial charge is 0.469 e. The van der Waals surface area contributed by atoms with E-state index in [1.165, 1.54) is 13.1 Å². The fourth-order valence-corrected chi connectivity index (χ4v) is 1.72. The van der Waals surface area contributed by atoms with E-state index in [0.717, 1.165) is 11.3 Å². The Labute approximate surface area is 116 Å². The third-order valence-electron chi connectivity index (χ3n) is 2.91. The summed E-state index contributed by atoms with van der Waals surface area (Å²) in [4.78, 5) is 23.4. The average Bonchev–Trinajstić information content (AvgIpc) is 2.89. The van der Waals surface area contributed by atoms with Gasteiger partial charge in [-0.05, 0) is 31.2 Å². The molecule has 0 aliphatic carbocycles. The van der Waals surface area contributed by atoms with Crippen LogP contribution >= 0.6 is 0 Å². The number of ether oxygens (including phenoxy) is 1. The molecule has 0 aliphatic rings. The molecule has 1 aromatic heterocycles. The molecule has 0 spiro atoms. The molecule has 0 unspecified atom stereocenters. The van der Waals surface area contributed by atoms with Crippen molar-refractivity contribution in [3.8, 4) is 0 Å². The molecule has 2 rings (SSSR count). The Morgan fingerprint density at radius 3 is 2.65 bits per heavy atom. The Bertz CT molecular complexity index is 630. The molecule has 104 valence electrons. The molecule has 0 bridgehead atoms. The zero-order valence-electron chi connectivity index (χ0n) is 11.3. The Hall–Kier alpha value is -2.56. The second kappa shape index (κ2) is 6.06. The molecule has 0 aliphatic heterocycles. The van der Waals surface area contributed by atoms with Gasteiger partial charge in [-0.15, -0.1) is 0 Å². The quantitative estimate of drug-likeness (QED) is 0.868.